The molecule has 6 nitrogen and oxygen atoms in total. The number of nitrogens with zero attached hydrogens (tertiary/aromatic N) is 1. The molecule has 1 aromatic carbocycles. The third-order valence-corrected chi connectivity index (χ3v) is 5.73. The van der Waals surface area contributed by atoms with Crippen molar-refractivity contribution in [1.82, 2.24) is 15.0 Å². The van der Waals surface area contributed by atoms with Crippen molar-refractivity contribution in [3.05, 3.63) is 65.9 Å². The van der Waals surface area contributed by atoms with Gasteiger partial charge in [-0.25, -0.2) is 18.1 Å². The van der Waals surface area contributed by atoms with Crippen LogP contribution in [0.4, 0.5) is 0 Å². The average molecular weight is 392 g/mol. The summed E-state index contributed by atoms with van der Waals surface area (Å²) in [5.74, 6) is 0.164. The van der Waals surface area contributed by atoms with Crippen molar-refractivity contribution in [2.45, 2.75) is 5.03 Å². The number of carbonyl (C=O) groups is 1. The molecule has 0 atom stereocenters. The summed E-state index contributed by atoms with van der Waals surface area (Å²) >= 11 is 1.45. The Bertz CT molecular complexity index is 853. The van der Waals surface area contributed by atoms with Gasteiger partial charge < -0.3 is 5.32 Å². The molecule has 1 amide bonds. The van der Waals surface area contributed by atoms with Gasteiger partial charge in [-0.1, -0.05) is 42.5 Å². The molecule has 138 valence electrons. The summed E-state index contributed by atoms with van der Waals surface area (Å²) in [4.78, 5) is 16.6. The maximum absolute atomic E-state index is 12.3. The highest BCUT2D eigenvalue weighted by atomic mass is 32.2. The minimum absolute atomic E-state index is 0.0366. The maximum Gasteiger partial charge on any atom is 0.254 e. The van der Waals surface area contributed by atoms with Gasteiger partial charge in [0.2, 0.25) is 10.0 Å². The van der Waals surface area contributed by atoms with Crippen molar-refractivity contribution in [3.63, 3.8) is 0 Å². The second-order valence-corrected chi connectivity index (χ2v) is 8.31. The van der Waals surface area contributed by atoms with Crippen LogP contribution in [0.5, 0.6) is 0 Å². The highest BCUT2D eigenvalue weighted by molar-refractivity contribution is 7.99. The SMILES string of the molecule is CNS(=O)(=O)CCNC(=O)c1cccnc1SCC=Cc1ccccc1. The van der Waals surface area contributed by atoms with Gasteiger partial charge in [-0.05, 0) is 24.7 Å². The lowest BCUT2D eigenvalue weighted by Gasteiger charge is -2.08. The Morgan fingerprint density at radius 1 is 1.19 bits per heavy atom. The fraction of sp³-hybridized carbons (Fsp3) is 0.222. The number of nitrogens with one attached hydrogen (secondary N) is 2. The highest BCUT2D eigenvalue weighted by Crippen LogP contribution is 2.20. The van der Waals surface area contributed by atoms with E-state index >= 15 is 0 Å². The Kier molecular flexibility index (Phi) is 7.83. The van der Waals surface area contributed by atoms with E-state index in [1.54, 1.807) is 18.3 Å². The number of hydrogen-bond acceptors (Lipinski definition) is 5. The molecule has 0 aliphatic rings. The molecule has 0 saturated heterocycles. The first-order valence-corrected chi connectivity index (χ1v) is 10.6. The number of aromatic nitrogens is 1. The van der Waals surface area contributed by atoms with Crippen LogP contribution >= 0.6 is 11.8 Å². The molecule has 0 saturated carbocycles. The summed E-state index contributed by atoms with van der Waals surface area (Å²) in [5.41, 5.74) is 1.55. The lowest BCUT2D eigenvalue weighted by molar-refractivity contribution is 0.0952. The van der Waals surface area contributed by atoms with Crippen LogP contribution in [-0.4, -0.2) is 44.4 Å². The molecule has 2 aromatic rings. The molecule has 1 heterocycles. The van der Waals surface area contributed by atoms with E-state index in [2.05, 4.69) is 15.0 Å². The molecule has 0 bridgehead atoms. The number of sulfonamides is 1. The van der Waals surface area contributed by atoms with E-state index < -0.39 is 10.0 Å². The number of pyridine rings is 1. The number of benzene rings is 1. The molecule has 2 rings (SSSR count). The average Bonchev–Trinajstić information content (AvgIpc) is 2.66. The Morgan fingerprint density at radius 3 is 2.69 bits per heavy atom. The number of amides is 1. The minimum Gasteiger partial charge on any atom is -0.351 e. The number of hydrogen-bond donors (Lipinski definition) is 2. The van der Waals surface area contributed by atoms with Gasteiger partial charge >= 0.3 is 0 Å². The van der Waals surface area contributed by atoms with Gasteiger partial charge in [-0.3, -0.25) is 4.79 Å². The zero-order valence-corrected chi connectivity index (χ0v) is 16.0. The molecule has 0 fully saturated rings. The predicted octanol–water partition coefficient (Wildman–Crippen LogP) is 2.17. The van der Waals surface area contributed by atoms with Crippen LogP contribution in [0.3, 0.4) is 0 Å². The lowest BCUT2D eigenvalue weighted by atomic mass is 10.2. The quantitative estimate of drug-likeness (QED) is 0.640. The highest BCUT2D eigenvalue weighted by Gasteiger charge is 2.13. The van der Waals surface area contributed by atoms with E-state index in [1.807, 2.05) is 42.5 Å². The van der Waals surface area contributed by atoms with Gasteiger partial charge in [0.05, 0.1) is 11.3 Å². The monoisotopic (exact) mass is 391 g/mol. The van der Waals surface area contributed by atoms with Crippen molar-refractivity contribution in [2.24, 2.45) is 0 Å². The second kappa shape index (κ2) is 10.1. The smallest absolute Gasteiger partial charge is 0.254 e. The summed E-state index contributed by atoms with van der Waals surface area (Å²) in [5, 5.41) is 3.23. The topological polar surface area (TPSA) is 88.2 Å². The van der Waals surface area contributed by atoms with E-state index in [0.29, 0.717) is 16.3 Å². The van der Waals surface area contributed by atoms with Crippen LogP contribution in [0.2, 0.25) is 0 Å². The van der Waals surface area contributed by atoms with Crippen molar-refractivity contribution in [2.75, 3.05) is 25.1 Å². The molecule has 0 radical (unpaired) electrons. The van der Waals surface area contributed by atoms with Gasteiger partial charge in [-0.15, -0.1) is 11.8 Å². The lowest BCUT2D eigenvalue weighted by Crippen LogP contribution is -2.33. The molecule has 8 heteroatoms. The van der Waals surface area contributed by atoms with E-state index in [0.717, 1.165) is 5.56 Å². The first kappa shape index (κ1) is 20.2. The van der Waals surface area contributed by atoms with Gasteiger partial charge in [0, 0.05) is 18.5 Å². The summed E-state index contributed by atoms with van der Waals surface area (Å²) < 4.78 is 25.0. The predicted molar refractivity (Wildman–Crippen MR) is 106 cm³/mol. The van der Waals surface area contributed by atoms with Crippen LogP contribution in [0.15, 0.2) is 59.8 Å². The summed E-state index contributed by atoms with van der Waals surface area (Å²) in [6.07, 6.45) is 5.65. The molecular weight excluding hydrogens is 370 g/mol. The zero-order chi connectivity index (χ0) is 18.8. The van der Waals surface area contributed by atoms with Crippen LogP contribution in [0.1, 0.15) is 15.9 Å². The Hall–Kier alpha value is -2.16. The van der Waals surface area contributed by atoms with E-state index in [9.17, 15) is 13.2 Å². The Balaban J connectivity index is 1.92. The number of thioether (sulfide) groups is 1. The molecule has 0 unspecified atom stereocenters. The van der Waals surface area contributed by atoms with Gasteiger partial charge in [0.25, 0.3) is 5.91 Å². The van der Waals surface area contributed by atoms with Crippen molar-refractivity contribution >= 4 is 33.8 Å². The molecular formula is C18H21N3O3S2. The first-order valence-electron chi connectivity index (χ1n) is 8.00. The summed E-state index contributed by atoms with van der Waals surface area (Å²) in [6.45, 7) is 0.0366. The first-order chi connectivity index (χ1) is 12.5. The molecule has 0 spiro atoms. The third-order valence-electron chi connectivity index (χ3n) is 3.41. The fourth-order valence-corrected chi connectivity index (χ4v) is 3.43. The molecule has 1 aromatic heterocycles. The van der Waals surface area contributed by atoms with Crippen LogP contribution in [0, 0.1) is 0 Å². The zero-order valence-electron chi connectivity index (χ0n) is 14.4. The van der Waals surface area contributed by atoms with Crippen LogP contribution < -0.4 is 10.0 Å². The number of carbonyl (C=O) groups excluding carboxylic acids is 1. The van der Waals surface area contributed by atoms with Crippen molar-refractivity contribution < 1.29 is 13.2 Å². The fourth-order valence-electron chi connectivity index (χ4n) is 2.05. The largest absolute Gasteiger partial charge is 0.351 e. The maximum atomic E-state index is 12.3. The van der Waals surface area contributed by atoms with Gasteiger partial charge in [-0.2, -0.15) is 0 Å². The molecule has 0 aliphatic carbocycles. The van der Waals surface area contributed by atoms with E-state index in [1.165, 1.54) is 18.8 Å². The van der Waals surface area contributed by atoms with Crippen LogP contribution in [0.25, 0.3) is 6.08 Å². The summed E-state index contributed by atoms with van der Waals surface area (Å²) in [7, 11) is -2.00. The third kappa shape index (κ3) is 6.62. The van der Waals surface area contributed by atoms with Crippen molar-refractivity contribution in [3.8, 4) is 0 Å². The normalized spacial score (nSPS) is 11.6. The number of rotatable bonds is 9. The Labute approximate surface area is 158 Å². The van der Waals surface area contributed by atoms with Crippen LogP contribution in [-0.2, 0) is 10.0 Å². The standard InChI is InChI=1S/C18H21N3O3S2/c1-19-26(23,24)14-12-20-17(22)16-10-5-11-21-18(16)25-13-6-9-15-7-3-2-4-8-15/h2-11,19H,12-14H2,1H3,(H,20,22). The molecule has 2 N–H and O–H groups in total. The minimum atomic E-state index is -3.35. The van der Waals surface area contributed by atoms with E-state index in [-0.39, 0.29) is 18.2 Å². The summed E-state index contributed by atoms with van der Waals surface area (Å²) in [6, 6.07) is 13.3. The van der Waals surface area contributed by atoms with E-state index in [4.69, 9.17) is 0 Å². The van der Waals surface area contributed by atoms with Crippen molar-refractivity contribution in [1.29, 1.82) is 0 Å². The van der Waals surface area contributed by atoms with Gasteiger partial charge in [0.1, 0.15) is 5.03 Å². The van der Waals surface area contributed by atoms with Gasteiger partial charge in [0.15, 0.2) is 0 Å². The Morgan fingerprint density at radius 2 is 1.96 bits per heavy atom. The molecule has 26 heavy (non-hydrogen) atoms. The molecule has 0 aliphatic heterocycles. The second-order valence-electron chi connectivity index (χ2n) is 5.26.